The fraction of sp³-hybridized carbons (Fsp3) is 0.353. The van der Waals surface area contributed by atoms with Crippen molar-refractivity contribution in [2.24, 2.45) is 0 Å². The molecule has 1 aliphatic heterocycles. The molecule has 1 aliphatic rings. The van der Waals surface area contributed by atoms with E-state index in [0.29, 0.717) is 0 Å². The molecule has 1 aromatic heterocycles. The molecule has 0 aliphatic carbocycles. The molecule has 1 aromatic carbocycles. The third-order valence-corrected chi connectivity index (χ3v) is 4.76. The monoisotopic (exact) mass is 317 g/mol. The van der Waals surface area contributed by atoms with Crippen molar-refractivity contribution in [2.45, 2.75) is 18.9 Å². The Morgan fingerprint density at radius 3 is 2.82 bits per heavy atom. The van der Waals surface area contributed by atoms with Crippen LogP contribution in [0.1, 0.15) is 34.8 Å². The molecule has 0 saturated carbocycles. The summed E-state index contributed by atoms with van der Waals surface area (Å²) in [6.07, 6.45) is 1.97. The van der Waals surface area contributed by atoms with Crippen molar-refractivity contribution in [1.29, 1.82) is 0 Å². The second-order valence-corrected chi connectivity index (χ2v) is 6.06. The van der Waals surface area contributed by atoms with Gasteiger partial charge >= 0.3 is 0 Å². The summed E-state index contributed by atoms with van der Waals surface area (Å²) in [6, 6.07) is 7.74. The molecule has 1 atom stereocenters. The molecule has 0 spiro atoms. The van der Waals surface area contributed by atoms with Gasteiger partial charge in [0.25, 0.3) is 5.91 Å². The normalized spacial score (nSPS) is 17.5. The summed E-state index contributed by atoms with van der Waals surface area (Å²) >= 11 is 1.55. The van der Waals surface area contributed by atoms with Crippen molar-refractivity contribution in [3.05, 3.63) is 46.2 Å². The fourth-order valence-electron chi connectivity index (χ4n) is 2.98. The third kappa shape index (κ3) is 2.68. The molecular weight excluding hydrogens is 298 g/mol. The van der Waals surface area contributed by atoms with Gasteiger partial charge in [0.1, 0.15) is 11.5 Å². The molecule has 0 unspecified atom stereocenters. The number of hydrogen-bond acceptors (Lipinski definition) is 4. The van der Waals surface area contributed by atoms with Crippen LogP contribution in [-0.2, 0) is 0 Å². The molecule has 3 rings (SSSR count). The summed E-state index contributed by atoms with van der Waals surface area (Å²) in [5.41, 5.74) is 1.81. The first kappa shape index (κ1) is 14.9. The summed E-state index contributed by atoms with van der Waals surface area (Å²) < 4.78 is 10.8. The van der Waals surface area contributed by atoms with E-state index in [4.69, 9.17) is 9.47 Å². The van der Waals surface area contributed by atoms with Crippen LogP contribution in [0.5, 0.6) is 11.5 Å². The maximum atomic E-state index is 12.7. The Morgan fingerprint density at radius 2 is 2.14 bits per heavy atom. The van der Waals surface area contributed by atoms with Crippen molar-refractivity contribution >= 4 is 17.2 Å². The number of carbonyl (C=O) groups excluding carboxylic acids is 1. The number of benzene rings is 1. The second-order valence-electron chi connectivity index (χ2n) is 5.28. The van der Waals surface area contributed by atoms with Gasteiger partial charge in [-0.05, 0) is 36.4 Å². The summed E-state index contributed by atoms with van der Waals surface area (Å²) in [7, 11) is 3.29. The Balaban J connectivity index is 1.91. The molecule has 0 radical (unpaired) electrons. The standard InChI is InChI=1S/C17H19NO3S/c1-20-13-5-6-14(16(10-13)21-2)15-4-3-8-18(15)17(19)12-7-9-22-11-12/h5-7,9-11,15H,3-4,8H2,1-2H3/t15-/m1/s1. The molecule has 4 nitrogen and oxygen atoms in total. The third-order valence-electron chi connectivity index (χ3n) is 4.08. The molecule has 22 heavy (non-hydrogen) atoms. The average Bonchev–Trinajstić information content (AvgIpc) is 3.24. The van der Waals surface area contributed by atoms with Gasteiger partial charge in [0.15, 0.2) is 0 Å². The number of nitrogens with zero attached hydrogens (tertiary/aromatic N) is 1. The van der Waals surface area contributed by atoms with E-state index in [1.807, 2.05) is 39.9 Å². The highest BCUT2D eigenvalue weighted by Crippen LogP contribution is 2.39. The van der Waals surface area contributed by atoms with E-state index in [1.165, 1.54) is 0 Å². The SMILES string of the molecule is COc1ccc([C@H]2CCCN2C(=O)c2ccsc2)c(OC)c1. The number of likely N-dealkylation sites (tertiary alicyclic amines) is 1. The lowest BCUT2D eigenvalue weighted by atomic mass is 10.0. The predicted octanol–water partition coefficient (Wildman–Crippen LogP) is 3.74. The van der Waals surface area contributed by atoms with E-state index >= 15 is 0 Å². The lowest BCUT2D eigenvalue weighted by molar-refractivity contribution is 0.0734. The topological polar surface area (TPSA) is 38.8 Å². The van der Waals surface area contributed by atoms with Crippen LogP contribution in [0, 0.1) is 0 Å². The van der Waals surface area contributed by atoms with Crippen LogP contribution in [0.2, 0.25) is 0 Å². The van der Waals surface area contributed by atoms with Crippen LogP contribution in [0.3, 0.4) is 0 Å². The molecule has 0 N–H and O–H groups in total. The number of methoxy groups -OCH3 is 2. The van der Waals surface area contributed by atoms with Gasteiger partial charge in [-0.15, -0.1) is 0 Å². The summed E-state index contributed by atoms with van der Waals surface area (Å²) in [5.74, 6) is 1.63. The van der Waals surface area contributed by atoms with Gasteiger partial charge in [-0.3, -0.25) is 4.79 Å². The van der Waals surface area contributed by atoms with Gasteiger partial charge in [0.05, 0.1) is 25.8 Å². The smallest absolute Gasteiger partial charge is 0.255 e. The fourth-order valence-corrected chi connectivity index (χ4v) is 3.61. The van der Waals surface area contributed by atoms with Gasteiger partial charge in [0, 0.05) is 23.6 Å². The summed E-state index contributed by atoms with van der Waals surface area (Å²) in [5, 5.41) is 3.84. The van der Waals surface area contributed by atoms with Crippen LogP contribution < -0.4 is 9.47 Å². The zero-order chi connectivity index (χ0) is 15.5. The number of rotatable bonds is 4. The quantitative estimate of drug-likeness (QED) is 0.862. The molecule has 0 bridgehead atoms. The average molecular weight is 317 g/mol. The predicted molar refractivity (Wildman–Crippen MR) is 86.9 cm³/mol. The lowest BCUT2D eigenvalue weighted by Crippen LogP contribution is -2.30. The molecule has 1 fully saturated rings. The minimum atomic E-state index is 0.0632. The minimum absolute atomic E-state index is 0.0632. The summed E-state index contributed by atoms with van der Waals surface area (Å²) in [6.45, 7) is 0.786. The largest absolute Gasteiger partial charge is 0.497 e. The Morgan fingerprint density at radius 1 is 1.27 bits per heavy atom. The number of ether oxygens (including phenoxy) is 2. The molecular formula is C17H19NO3S. The van der Waals surface area contributed by atoms with E-state index in [9.17, 15) is 4.79 Å². The van der Waals surface area contributed by atoms with Gasteiger partial charge in [0.2, 0.25) is 0 Å². The van der Waals surface area contributed by atoms with Crippen molar-refractivity contribution in [3.8, 4) is 11.5 Å². The Kier molecular flexibility index (Phi) is 4.34. The van der Waals surface area contributed by atoms with Crippen molar-refractivity contribution in [2.75, 3.05) is 20.8 Å². The molecule has 1 saturated heterocycles. The lowest BCUT2D eigenvalue weighted by Gasteiger charge is -2.26. The maximum absolute atomic E-state index is 12.7. The Bertz CT molecular complexity index is 654. The van der Waals surface area contributed by atoms with Crippen molar-refractivity contribution in [1.82, 2.24) is 4.90 Å². The number of amides is 1. The van der Waals surface area contributed by atoms with Gasteiger partial charge < -0.3 is 14.4 Å². The van der Waals surface area contributed by atoms with E-state index in [2.05, 4.69) is 0 Å². The van der Waals surface area contributed by atoms with Gasteiger partial charge in [-0.25, -0.2) is 0 Å². The van der Waals surface area contributed by atoms with Crippen LogP contribution >= 0.6 is 11.3 Å². The zero-order valence-corrected chi connectivity index (χ0v) is 13.6. The van der Waals surface area contributed by atoms with Crippen molar-refractivity contribution < 1.29 is 14.3 Å². The van der Waals surface area contributed by atoms with Gasteiger partial charge in [-0.2, -0.15) is 11.3 Å². The molecule has 2 aromatic rings. The maximum Gasteiger partial charge on any atom is 0.255 e. The first-order valence-electron chi connectivity index (χ1n) is 7.29. The highest BCUT2D eigenvalue weighted by atomic mass is 32.1. The first-order chi connectivity index (χ1) is 10.7. The van der Waals surface area contributed by atoms with Crippen LogP contribution in [0.25, 0.3) is 0 Å². The second kappa shape index (κ2) is 6.40. The summed E-state index contributed by atoms with van der Waals surface area (Å²) in [4.78, 5) is 14.6. The molecule has 2 heterocycles. The van der Waals surface area contributed by atoms with Crippen LogP contribution in [0.4, 0.5) is 0 Å². The van der Waals surface area contributed by atoms with E-state index < -0.39 is 0 Å². The first-order valence-corrected chi connectivity index (χ1v) is 8.24. The molecule has 116 valence electrons. The Hall–Kier alpha value is -2.01. The number of carbonyl (C=O) groups is 1. The highest BCUT2D eigenvalue weighted by molar-refractivity contribution is 7.08. The van der Waals surface area contributed by atoms with Crippen LogP contribution in [-0.4, -0.2) is 31.6 Å². The van der Waals surface area contributed by atoms with E-state index in [-0.39, 0.29) is 11.9 Å². The number of hydrogen-bond donors (Lipinski definition) is 0. The molecule has 1 amide bonds. The van der Waals surface area contributed by atoms with E-state index in [0.717, 1.165) is 42.0 Å². The minimum Gasteiger partial charge on any atom is -0.497 e. The number of thiophene rings is 1. The van der Waals surface area contributed by atoms with Crippen LogP contribution in [0.15, 0.2) is 35.0 Å². The highest BCUT2D eigenvalue weighted by Gasteiger charge is 2.32. The zero-order valence-electron chi connectivity index (χ0n) is 12.7. The van der Waals surface area contributed by atoms with Crippen molar-refractivity contribution in [3.63, 3.8) is 0 Å². The van der Waals surface area contributed by atoms with E-state index in [1.54, 1.807) is 25.6 Å². The molecule has 5 heteroatoms. The Labute approximate surface area is 134 Å². The van der Waals surface area contributed by atoms with Gasteiger partial charge in [-0.1, -0.05) is 0 Å².